The minimum absolute atomic E-state index is 0. The van der Waals surface area contributed by atoms with E-state index in [1.165, 1.54) is 11.1 Å². The fraction of sp³-hybridized carbons (Fsp3) is 0.174. The molecule has 31 heavy (non-hydrogen) atoms. The van der Waals surface area contributed by atoms with E-state index in [9.17, 15) is 0 Å². The second kappa shape index (κ2) is 14.6. The summed E-state index contributed by atoms with van der Waals surface area (Å²) in [5.74, 6) is 0. The average molecular weight is 538 g/mol. The van der Waals surface area contributed by atoms with Crippen LogP contribution in [-0.2, 0) is 17.1 Å². The molecule has 0 amide bonds. The third-order valence-corrected chi connectivity index (χ3v) is 4.41. The molecule has 165 valence electrons. The first-order chi connectivity index (χ1) is 12.9. The summed E-state index contributed by atoms with van der Waals surface area (Å²) >= 11 is 6.34. The standard InChI is InChI=1S/C23H22ClN3.3ClH.Fe/c1-15-5-9-20(10-6-15)25-17(3)22-13-19(24)14-23(27-22)18(4)26-21-11-7-16(2)8-12-21;;;;/h5-14H,1-4H3;3*1H;/q;;;;+3/p-3. The Hall–Kier alpha value is -1.39. The molecule has 0 saturated heterocycles. The van der Waals surface area contributed by atoms with Gasteiger partial charge < -0.3 is 37.2 Å². The molecule has 3 aromatic rings. The smallest absolute Gasteiger partial charge is 1.00 e. The van der Waals surface area contributed by atoms with E-state index in [4.69, 9.17) is 16.6 Å². The predicted octanol–water partition coefficient (Wildman–Crippen LogP) is -2.36. The molecule has 1 aromatic heterocycles. The number of aromatic nitrogens is 1. The number of aryl methyl sites for hydroxylation is 2. The molecular weight excluding hydrogens is 516 g/mol. The number of pyridine rings is 1. The van der Waals surface area contributed by atoms with E-state index in [2.05, 4.69) is 23.8 Å². The Morgan fingerprint density at radius 2 is 1.00 bits per heavy atom. The Kier molecular flexibility index (Phi) is 15.0. The first kappa shape index (κ1) is 31.8. The van der Waals surface area contributed by atoms with E-state index in [-0.39, 0.29) is 54.3 Å². The van der Waals surface area contributed by atoms with Crippen molar-refractivity contribution in [2.24, 2.45) is 9.98 Å². The molecule has 0 unspecified atom stereocenters. The SMILES string of the molecule is CC(=Nc1ccc(C)cc1)c1cc(Cl)cc(C(C)=Nc2ccc(C)cc2)n1.[Cl-].[Cl-].[Cl-].[Fe+3]. The van der Waals surface area contributed by atoms with Crippen LogP contribution in [0.15, 0.2) is 70.6 Å². The molecule has 0 saturated carbocycles. The number of rotatable bonds is 4. The number of halogens is 4. The molecule has 0 aliphatic carbocycles. The molecule has 8 heteroatoms. The monoisotopic (exact) mass is 536 g/mol. The first-order valence-corrected chi connectivity index (χ1v) is 9.21. The summed E-state index contributed by atoms with van der Waals surface area (Å²) in [6.07, 6.45) is 0. The summed E-state index contributed by atoms with van der Waals surface area (Å²) < 4.78 is 0. The van der Waals surface area contributed by atoms with Gasteiger partial charge in [-0.3, -0.25) is 9.98 Å². The minimum atomic E-state index is 0. The molecule has 0 spiro atoms. The molecule has 0 N–H and O–H groups in total. The normalized spacial score (nSPS) is 10.7. The van der Waals surface area contributed by atoms with Crippen molar-refractivity contribution in [3.63, 3.8) is 0 Å². The van der Waals surface area contributed by atoms with Gasteiger partial charge >= 0.3 is 17.1 Å². The van der Waals surface area contributed by atoms with Crippen molar-refractivity contribution in [3.8, 4) is 0 Å². The second-order valence-corrected chi connectivity index (χ2v) is 7.06. The van der Waals surface area contributed by atoms with Crippen LogP contribution in [0.3, 0.4) is 0 Å². The van der Waals surface area contributed by atoms with E-state index >= 15 is 0 Å². The second-order valence-electron chi connectivity index (χ2n) is 6.62. The third-order valence-electron chi connectivity index (χ3n) is 4.19. The fourth-order valence-electron chi connectivity index (χ4n) is 2.61. The molecule has 1 radical (unpaired) electrons. The largest absolute Gasteiger partial charge is 3.00 e. The van der Waals surface area contributed by atoms with E-state index in [1.54, 1.807) is 0 Å². The number of aliphatic imine (C=N–C) groups is 2. The van der Waals surface area contributed by atoms with Crippen LogP contribution in [0.25, 0.3) is 0 Å². The summed E-state index contributed by atoms with van der Waals surface area (Å²) in [5.41, 5.74) is 7.32. The van der Waals surface area contributed by atoms with Gasteiger partial charge in [0.1, 0.15) is 0 Å². The van der Waals surface area contributed by atoms with Gasteiger partial charge in [-0.15, -0.1) is 0 Å². The molecule has 0 atom stereocenters. The van der Waals surface area contributed by atoms with Crippen LogP contribution in [0.1, 0.15) is 36.4 Å². The third kappa shape index (κ3) is 9.32. The van der Waals surface area contributed by atoms with Crippen molar-refractivity contribution < 1.29 is 54.3 Å². The molecule has 3 nitrogen and oxygen atoms in total. The fourth-order valence-corrected chi connectivity index (χ4v) is 2.82. The first-order valence-electron chi connectivity index (χ1n) is 8.83. The summed E-state index contributed by atoms with van der Waals surface area (Å²) in [7, 11) is 0. The van der Waals surface area contributed by atoms with E-state index in [1.807, 2.05) is 74.5 Å². The zero-order valence-corrected chi connectivity index (χ0v) is 21.6. The van der Waals surface area contributed by atoms with Gasteiger partial charge in [0, 0.05) is 5.02 Å². The van der Waals surface area contributed by atoms with Gasteiger partial charge in [0.05, 0.1) is 34.2 Å². The van der Waals surface area contributed by atoms with Gasteiger partial charge in [0.25, 0.3) is 0 Å². The number of hydrogen-bond acceptors (Lipinski definition) is 3. The van der Waals surface area contributed by atoms with Crippen LogP contribution < -0.4 is 37.2 Å². The van der Waals surface area contributed by atoms with Gasteiger partial charge in [-0.2, -0.15) is 0 Å². The molecule has 0 aliphatic rings. The maximum atomic E-state index is 6.34. The van der Waals surface area contributed by atoms with Gasteiger partial charge in [0.15, 0.2) is 0 Å². The number of benzene rings is 2. The molecule has 3 rings (SSSR count). The molecule has 0 aliphatic heterocycles. The predicted molar refractivity (Wildman–Crippen MR) is 115 cm³/mol. The van der Waals surface area contributed by atoms with Crippen LogP contribution in [0, 0.1) is 13.8 Å². The van der Waals surface area contributed by atoms with Gasteiger partial charge in [-0.1, -0.05) is 47.0 Å². The number of hydrogen-bond donors (Lipinski definition) is 0. The molecule has 1 heterocycles. The summed E-state index contributed by atoms with van der Waals surface area (Å²) in [6, 6.07) is 19.8. The van der Waals surface area contributed by atoms with Gasteiger partial charge in [0.2, 0.25) is 0 Å². The quantitative estimate of drug-likeness (QED) is 0.271. The minimum Gasteiger partial charge on any atom is -1.00 e. The zero-order valence-electron chi connectivity index (χ0n) is 17.5. The van der Waals surface area contributed by atoms with Gasteiger partial charge in [-0.25, -0.2) is 4.98 Å². The maximum Gasteiger partial charge on any atom is 3.00 e. The van der Waals surface area contributed by atoms with Crippen molar-refractivity contribution in [1.29, 1.82) is 0 Å². The van der Waals surface area contributed by atoms with E-state index in [0.717, 1.165) is 34.2 Å². The Balaban J connectivity index is 0. The average Bonchev–Trinajstić information content (AvgIpc) is 2.65. The van der Waals surface area contributed by atoms with E-state index < -0.39 is 0 Å². The van der Waals surface area contributed by atoms with Crippen LogP contribution in [0.4, 0.5) is 11.4 Å². The number of nitrogens with zero attached hydrogens (tertiary/aromatic N) is 3. The Morgan fingerprint density at radius 3 is 1.32 bits per heavy atom. The summed E-state index contributed by atoms with van der Waals surface area (Å²) in [5, 5.41) is 0.618. The van der Waals surface area contributed by atoms with Gasteiger partial charge in [-0.05, 0) is 64.1 Å². The van der Waals surface area contributed by atoms with Crippen molar-refractivity contribution >= 4 is 34.4 Å². The molecular formula is C23H22Cl4FeN3. The zero-order chi connectivity index (χ0) is 19.4. The molecule has 0 bridgehead atoms. The summed E-state index contributed by atoms with van der Waals surface area (Å²) in [4.78, 5) is 14.0. The van der Waals surface area contributed by atoms with Crippen molar-refractivity contribution in [2.45, 2.75) is 27.7 Å². The van der Waals surface area contributed by atoms with Crippen LogP contribution >= 0.6 is 11.6 Å². The van der Waals surface area contributed by atoms with Crippen molar-refractivity contribution in [2.75, 3.05) is 0 Å². The van der Waals surface area contributed by atoms with Crippen molar-refractivity contribution in [1.82, 2.24) is 4.98 Å². The van der Waals surface area contributed by atoms with Crippen molar-refractivity contribution in [3.05, 3.63) is 88.2 Å². The van der Waals surface area contributed by atoms with E-state index in [0.29, 0.717) is 5.02 Å². The topological polar surface area (TPSA) is 37.6 Å². The maximum absolute atomic E-state index is 6.34. The van der Waals surface area contributed by atoms with Crippen LogP contribution in [0.2, 0.25) is 5.02 Å². The summed E-state index contributed by atoms with van der Waals surface area (Å²) in [6.45, 7) is 7.99. The molecule has 0 fully saturated rings. The Morgan fingerprint density at radius 1 is 0.677 bits per heavy atom. The van der Waals surface area contributed by atoms with Crippen LogP contribution in [-0.4, -0.2) is 16.4 Å². The Bertz CT molecular complexity index is 938. The Labute approximate surface area is 218 Å². The molecule has 2 aromatic carbocycles. The van der Waals surface area contributed by atoms with Crippen LogP contribution in [0.5, 0.6) is 0 Å².